The smallest absolute Gasteiger partial charge is 0.185 e. The van der Waals surface area contributed by atoms with E-state index in [9.17, 15) is 4.79 Å². The van der Waals surface area contributed by atoms with Crippen molar-refractivity contribution in [2.45, 2.75) is 13.3 Å². The second-order valence-corrected chi connectivity index (χ2v) is 4.49. The molecular weight excluding hydrogens is 236 g/mol. The van der Waals surface area contributed by atoms with E-state index in [1.807, 2.05) is 24.3 Å². The van der Waals surface area contributed by atoms with Gasteiger partial charge in [0.1, 0.15) is 5.76 Å². The number of fused-ring (bicyclic) bond motifs is 1. The molecule has 2 aliphatic rings. The average molecular weight is 250 g/mol. The van der Waals surface area contributed by atoms with Crippen LogP contribution in [-0.2, 0) is 6.42 Å². The van der Waals surface area contributed by atoms with Crippen molar-refractivity contribution in [3.05, 3.63) is 59.9 Å². The van der Waals surface area contributed by atoms with Gasteiger partial charge >= 0.3 is 0 Å². The summed E-state index contributed by atoms with van der Waals surface area (Å²) >= 11 is 0. The SMILES string of the molecule is CCc1cc(-c2ccc(C=O)o2)c2cccccc1-2. The van der Waals surface area contributed by atoms with E-state index >= 15 is 0 Å². The van der Waals surface area contributed by atoms with Crippen LogP contribution in [0.5, 0.6) is 0 Å². The van der Waals surface area contributed by atoms with E-state index < -0.39 is 0 Å². The Balaban J connectivity index is 2.22. The van der Waals surface area contributed by atoms with Crippen LogP contribution in [0, 0.1) is 0 Å². The first kappa shape index (κ1) is 11.7. The van der Waals surface area contributed by atoms with E-state index in [0.717, 1.165) is 29.6 Å². The summed E-state index contributed by atoms with van der Waals surface area (Å²) in [6.45, 7) is 2.14. The molecule has 0 aliphatic heterocycles. The molecular formula is C17H14O2. The lowest BCUT2D eigenvalue weighted by Gasteiger charge is -1.98. The van der Waals surface area contributed by atoms with Crippen LogP contribution in [0.2, 0.25) is 0 Å². The van der Waals surface area contributed by atoms with Gasteiger partial charge in [0.2, 0.25) is 0 Å². The lowest BCUT2D eigenvalue weighted by atomic mass is 10.1. The van der Waals surface area contributed by atoms with Crippen LogP contribution in [0.3, 0.4) is 0 Å². The van der Waals surface area contributed by atoms with Crippen molar-refractivity contribution in [2.75, 3.05) is 0 Å². The second-order valence-electron chi connectivity index (χ2n) is 4.49. The van der Waals surface area contributed by atoms with Gasteiger partial charge in [0.05, 0.1) is 0 Å². The maximum atomic E-state index is 10.7. The molecule has 19 heavy (non-hydrogen) atoms. The lowest BCUT2D eigenvalue weighted by molar-refractivity contribution is 0.110. The molecule has 2 aliphatic carbocycles. The summed E-state index contributed by atoms with van der Waals surface area (Å²) in [4.78, 5) is 10.7. The van der Waals surface area contributed by atoms with Gasteiger partial charge in [-0.15, -0.1) is 0 Å². The van der Waals surface area contributed by atoms with E-state index in [-0.39, 0.29) is 0 Å². The molecule has 94 valence electrons. The van der Waals surface area contributed by atoms with Gasteiger partial charge < -0.3 is 4.42 Å². The summed E-state index contributed by atoms with van der Waals surface area (Å²) in [7, 11) is 0. The fourth-order valence-electron chi connectivity index (χ4n) is 2.45. The van der Waals surface area contributed by atoms with Gasteiger partial charge in [0, 0.05) is 5.56 Å². The Morgan fingerprint density at radius 3 is 2.47 bits per heavy atom. The van der Waals surface area contributed by atoms with Crippen molar-refractivity contribution in [1.29, 1.82) is 0 Å². The first-order chi connectivity index (χ1) is 9.33. The molecule has 0 amide bonds. The molecule has 0 saturated carbocycles. The minimum absolute atomic E-state index is 0.364. The first-order valence-corrected chi connectivity index (χ1v) is 6.39. The summed E-state index contributed by atoms with van der Waals surface area (Å²) in [5.41, 5.74) is 4.75. The third-order valence-electron chi connectivity index (χ3n) is 3.38. The number of furan rings is 1. The van der Waals surface area contributed by atoms with Crippen molar-refractivity contribution in [2.24, 2.45) is 0 Å². The maximum Gasteiger partial charge on any atom is 0.185 e. The van der Waals surface area contributed by atoms with Gasteiger partial charge in [0.25, 0.3) is 0 Å². The number of aldehydes is 1. The standard InChI is InChI=1S/C17H14O2/c1-2-12-10-16(17-9-8-13(11-18)19-17)15-7-5-3-4-6-14(12)15/h3-11H,2H2,1H3. The van der Waals surface area contributed by atoms with Gasteiger partial charge in [0.15, 0.2) is 12.0 Å². The fourth-order valence-corrected chi connectivity index (χ4v) is 2.45. The van der Waals surface area contributed by atoms with Crippen molar-refractivity contribution in [3.8, 4) is 22.5 Å². The van der Waals surface area contributed by atoms with Crippen LogP contribution in [0.4, 0.5) is 0 Å². The molecule has 1 aromatic rings. The Morgan fingerprint density at radius 2 is 1.79 bits per heavy atom. The van der Waals surface area contributed by atoms with E-state index in [2.05, 4.69) is 25.1 Å². The van der Waals surface area contributed by atoms with Gasteiger partial charge in [-0.3, -0.25) is 4.79 Å². The zero-order valence-corrected chi connectivity index (χ0v) is 10.7. The number of aryl methyl sites for hydroxylation is 1. The number of hydrogen-bond acceptors (Lipinski definition) is 2. The van der Waals surface area contributed by atoms with E-state index in [1.54, 1.807) is 6.07 Å². The molecule has 3 rings (SSSR count). The summed E-state index contributed by atoms with van der Waals surface area (Å²) in [5.74, 6) is 1.11. The molecule has 0 fully saturated rings. The van der Waals surface area contributed by atoms with Crippen LogP contribution in [-0.4, -0.2) is 6.29 Å². The topological polar surface area (TPSA) is 30.2 Å². The molecule has 2 heteroatoms. The van der Waals surface area contributed by atoms with Crippen LogP contribution in [0.25, 0.3) is 22.5 Å². The molecule has 0 bridgehead atoms. The number of carbonyl (C=O) groups excluding carboxylic acids is 1. The lowest BCUT2D eigenvalue weighted by Crippen LogP contribution is -1.76. The van der Waals surface area contributed by atoms with Crippen molar-refractivity contribution < 1.29 is 9.21 Å². The highest BCUT2D eigenvalue weighted by Crippen LogP contribution is 2.39. The Hall–Kier alpha value is -2.35. The Morgan fingerprint density at radius 1 is 1.00 bits per heavy atom. The van der Waals surface area contributed by atoms with E-state index in [4.69, 9.17) is 4.42 Å². The zero-order chi connectivity index (χ0) is 13.2. The summed E-state index contributed by atoms with van der Waals surface area (Å²) in [5, 5.41) is 0. The van der Waals surface area contributed by atoms with Crippen molar-refractivity contribution in [3.63, 3.8) is 0 Å². The van der Waals surface area contributed by atoms with Crippen LogP contribution in [0.1, 0.15) is 23.0 Å². The Bertz CT molecular complexity index is 694. The number of hydrogen-bond donors (Lipinski definition) is 0. The second kappa shape index (κ2) is 4.73. The number of carbonyl (C=O) groups is 1. The summed E-state index contributed by atoms with van der Waals surface area (Å²) in [6.07, 6.45) is 1.71. The van der Waals surface area contributed by atoms with E-state index in [1.165, 1.54) is 11.1 Å². The number of rotatable bonds is 3. The van der Waals surface area contributed by atoms with Gasteiger partial charge in [-0.25, -0.2) is 0 Å². The predicted octanol–water partition coefficient (Wildman–Crippen LogP) is 4.43. The predicted molar refractivity (Wildman–Crippen MR) is 75.5 cm³/mol. The monoisotopic (exact) mass is 250 g/mol. The van der Waals surface area contributed by atoms with Gasteiger partial charge in [-0.1, -0.05) is 37.3 Å². The quantitative estimate of drug-likeness (QED) is 0.644. The normalized spacial score (nSPS) is 10.8. The largest absolute Gasteiger partial charge is 0.453 e. The molecule has 0 N–H and O–H groups in total. The molecule has 0 unspecified atom stereocenters. The Kier molecular flexibility index (Phi) is 2.92. The highest BCUT2D eigenvalue weighted by molar-refractivity contribution is 5.87. The average Bonchev–Trinajstić information content (AvgIpc) is 2.96. The summed E-state index contributed by atoms with van der Waals surface area (Å²) in [6, 6.07) is 16.0. The molecule has 1 heterocycles. The molecule has 0 atom stereocenters. The molecule has 2 nitrogen and oxygen atoms in total. The summed E-state index contributed by atoms with van der Waals surface area (Å²) < 4.78 is 5.55. The van der Waals surface area contributed by atoms with Gasteiger partial charge in [-0.2, -0.15) is 0 Å². The minimum atomic E-state index is 0.364. The van der Waals surface area contributed by atoms with Gasteiger partial charge in [-0.05, 0) is 41.3 Å². The maximum absolute atomic E-state index is 10.7. The molecule has 0 saturated heterocycles. The van der Waals surface area contributed by atoms with Crippen LogP contribution in [0.15, 0.2) is 52.9 Å². The zero-order valence-electron chi connectivity index (χ0n) is 10.7. The van der Waals surface area contributed by atoms with Crippen LogP contribution >= 0.6 is 0 Å². The third-order valence-corrected chi connectivity index (χ3v) is 3.38. The molecule has 0 aromatic carbocycles. The third kappa shape index (κ3) is 1.95. The Labute approximate surface area is 112 Å². The van der Waals surface area contributed by atoms with Crippen molar-refractivity contribution >= 4 is 6.29 Å². The van der Waals surface area contributed by atoms with Crippen LogP contribution < -0.4 is 0 Å². The molecule has 0 spiro atoms. The molecule has 0 radical (unpaired) electrons. The first-order valence-electron chi connectivity index (χ1n) is 6.39. The van der Waals surface area contributed by atoms with Crippen molar-refractivity contribution in [1.82, 2.24) is 0 Å². The minimum Gasteiger partial charge on any atom is -0.453 e. The highest BCUT2D eigenvalue weighted by atomic mass is 16.3. The fraction of sp³-hybridized carbons (Fsp3) is 0.118. The molecule has 1 aromatic heterocycles. The van der Waals surface area contributed by atoms with E-state index in [0.29, 0.717) is 5.76 Å². The highest BCUT2D eigenvalue weighted by Gasteiger charge is 2.17.